The molecule has 1 aromatic heterocycles. The minimum atomic E-state index is 0.267. The molecule has 34 heavy (non-hydrogen) atoms. The quantitative estimate of drug-likeness (QED) is 0.286. The van der Waals surface area contributed by atoms with Gasteiger partial charge < -0.3 is 4.90 Å². The zero-order chi connectivity index (χ0) is 23.3. The van der Waals surface area contributed by atoms with Gasteiger partial charge in [0.15, 0.2) is 5.82 Å². The predicted molar refractivity (Wildman–Crippen MR) is 140 cm³/mol. The molecule has 0 spiro atoms. The van der Waals surface area contributed by atoms with Gasteiger partial charge in [-0.15, -0.1) is 10.2 Å². The monoisotopic (exact) mass is 543 g/mol. The molecule has 8 heteroatoms. The smallest absolute Gasteiger partial charge is 0.233 e. The van der Waals surface area contributed by atoms with E-state index in [1.54, 1.807) is 0 Å². The number of nitrogens with zero attached hydrogens (tertiary/aromatic N) is 5. The highest BCUT2D eigenvalue weighted by atomic mass is 79.9. The summed E-state index contributed by atoms with van der Waals surface area (Å²) in [5, 5.41) is 14.4. The lowest BCUT2D eigenvalue weighted by molar-refractivity contribution is -0.135. The molecule has 5 rings (SSSR count). The Balaban J connectivity index is 1.31. The van der Waals surface area contributed by atoms with E-state index in [1.165, 1.54) is 50.3 Å². The van der Waals surface area contributed by atoms with Gasteiger partial charge in [-0.2, -0.15) is 9.78 Å². The lowest BCUT2D eigenvalue weighted by Crippen LogP contribution is -2.49. The molecule has 1 amide bonds. The van der Waals surface area contributed by atoms with Crippen LogP contribution in [0.2, 0.25) is 0 Å². The number of carbonyl (C=O) groups is 1. The highest BCUT2D eigenvalue weighted by Gasteiger charge is 2.34. The minimum Gasteiger partial charge on any atom is -0.336 e. The summed E-state index contributed by atoms with van der Waals surface area (Å²) >= 11 is 4.97. The van der Waals surface area contributed by atoms with Crippen molar-refractivity contribution in [3.63, 3.8) is 0 Å². The standard InChI is InChI=1S/C26H34BrN5OS/c27-21-15-11-19(12-16-21)17-28-32-25(20-13-14-20)29-30-26(32)34-18-24(33)31(22-7-3-1-4-8-22)23-9-5-2-6-10-23/h11-12,15-17,20,22-23H,1-10,13-14,18H2. The third kappa shape index (κ3) is 5.93. The lowest BCUT2D eigenvalue weighted by Gasteiger charge is -2.41. The maximum Gasteiger partial charge on any atom is 0.233 e. The van der Waals surface area contributed by atoms with Crippen molar-refractivity contribution in [3.05, 3.63) is 40.1 Å². The molecule has 1 heterocycles. The largest absolute Gasteiger partial charge is 0.336 e. The molecule has 3 saturated carbocycles. The summed E-state index contributed by atoms with van der Waals surface area (Å²) in [5.41, 5.74) is 1.02. The molecule has 0 radical (unpaired) electrons. The molecule has 0 aliphatic heterocycles. The molecular formula is C26H34BrN5OS. The molecule has 3 aliphatic carbocycles. The summed E-state index contributed by atoms with van der Waals surface area (Å²) in [4.78, 5) is 15.9. The van der Waals surface area contributed by atoms with Gasteiger partial charge in [-0.1, -0.05) is 78.3 Å². The lowest BCUT2D eigenvalue weighted by atomic mass is 9.88. The van der Waals surface area contributed by atoms with Crippen LogP contribution in [-0.4, -0.2) is 49.7 Å². The van der Waals surface area contributed by atoms with Gasteiger partial charge in [0.1, 0.15) is 0 Å². The number of amides is 1. The van der Waals surface area contributed by atoms with E-state index in [-0.39, 0.29) is 5.91 Å². The Labute approximate surface area is 215 Å². The number of thioether (sulfide) groups is 1. The van der Waals surface area contributed by atoms with Gasteiger partial charge in [0.25, 0.3) is 0 Å². The molecule has 0 N–H and O–H groups in total. The Morgan fingerprint density at radius 2 is 1.59 bits per heavy atom. The second-order valence-electron chi connectivity index (χ2n) is 9.90. The average molecular weight is 545 g/mol. The topological polar surface area (TPSA) is 63.4 Å². The second kappa shape index (κ2) is 11.4. The van der Waals surface area contributed by atoms with Crippen molar-refractivity contribution in [2.45, 2.75) is 100 Å². The van der Waals surface area contributed by atoms with E-state index in [2.05, 4.69) is 31.0 Å². The van der Waals surface area contributed by atoms with Gasteiger partial charge in [-0.3, -0.25) is 4.79 Å². The summed E-state index contributed by atoms with van der Waals surface area (Å²) in [6, 6.07) is 8.90. The fraction of sp³-hybridized carbons (Fsp3) is 0.615. The van der Waals surface area contributed by atoms with E-state index in [0.717, 1.165) is 59.5 Å². The highest BCUT2D eigenvalue weighted by Crippen LogP contribution is 2.40. The van der Waals surface area contributed by atoms with Crippen molar-refractivity contribution >= 4 is 39.8 Å². The summed E-state index contributed by atoms with van der Waals surface area (Å²) < 4.78 is 2.91. The second-order valence-corrected chi connectivity index (χ2v) is 11.8. The van der Waals surface area contributed by atoms with Crippen LogP contribution in [0.5, 0.6) is 0 Å². The Hall–Kier alpha value is -1.67. The molecule has 0 saturated heterocycles. The van der Waals surface area contributed by atoms with Gasteiger partial charge >= 0.3 is 0 Å². The van der Waals surface area contributed by atoms with Gasteiger partial charge in [0.05, 0.1) is 12.0 Å². The first-order valence-corrected chi connectivity index (χ1v) is 14.7. The summed E-state index contributed by atoms with van der Waals surface area (Å²) in [6.07, 6.45) is 16.4. The van der Waals surface area contributed by atoms with Crippen LogP contribution in [-0.2, 0) is 4.79 Å². The Morgan fingerprint density at radius 3 is 2.18 bits per heavy atom. The Morgan fingerprint density at radius 1 is 0.971 bits per heavy atom. The Kier molecular flexibility index (Phi) is 8.05. The molecule has 0 atom stereocenters. The minimum absolute atomic E-state index is 0.267. The molecule has 0 bridgehead atoms. The van der Waals surface area contributed by atoms with Crippen LogP contribution in [0.1, 0.15) is 94.4 Å². The van der Waals surface area contributed by atoms with Crippen molar-refractivity contribution in [1.82, 2.24) is 19.8 Å². The number of rotatable bonds is 8. The van der Waals surface area contributed by atoms with Crippen LogP contribution in [0.15, 0.2) is 39.0 Å². The molecule has 1 aromatic carbocycles. The molecule has 182 valence electrons. The average Bonchev–Trinajstić information content (AvgIpc) is 3.64. The van der Waals surface area contributed by atoms with Gasteiger partial charge in [0.2, 0.25) is 11.1 Å². The van der Waals surface area contributed by atoms with E-state index >= 15 is 0 Å². The van der Waals surface area contributed by atoms with Crippen LogP contribution >= 0.6 is 27.7 Å². The summed E-state index contributed by atoms with van der Waals surface area (Å²) in [5.74, 6) is 2.02. The number of hydrogen-bond acceptors (Lipinski definition) is 5. The fourth-order valence-electron chi connectivity index (χ4n) is 5.37. The number of halogens is 1. The Bertz CT molecular complexity index is 973. The first-order valence-electron chi connectivity index (χ1n) is 12.9. The number of carbonyl (C=O) groups excluding carboxylic acids is 1. The predicted octanol–water partition coefficient (Wildman–Crippen LogP) is 6.39. The van der Waals surface area contributed by atoms with Crippen LogP contribution in [0.4, 0.5) is 0 Å². The van der Waals surface area contributed by atoms with Crippen LogP contribution in [0.25, 0.3) is 0 Å². The van der Waals surface area contributed by atoms with Crippen molar-refractivity contribution in [3.8, 4) is 0 Å². The molecule has 0 unspecified atom stereocenters. The number of aromatic nitrogens is 3. The first kappa shape index (κ1) is 24.0. The highest BCUT2D eigenvalue weighted by molar-refractivity contribution is 9.10. The molecule has 3 fully saturated rings. The van der Waals surface area contributed by atoms with E-state index in [0.29, 0.717) is 23.8 Å². The molecule has 6 nitrogen and oxygen atoms in total. The summed E-state index contributed by atoms with van der Waals surface area (Å²) in [7, 11) is 0. The van der Waals surface area contributed by atoms with Crippen LogP contribution < -0.4 is 0 Å². The third-order valence-electron chi connectivity index (χ3n) is 7.32. The van der Waals surface area contributed by atoms with Gasteiger partial charge in [-0.05, 0) is 56.2 Å². The zero-order valence-electron chi connectivity index (χ0n) is 19.7. The molecule has 3 aliphatic rings. The van der Waals surface area contributed by atoms with Crippen LogP contribution in [0, 0.1) is 0 Å². The number of benzene rings is 1. The van der Waals surface area contributed by atoms with E-state index in [4.69, 9.17) is 5.10 Å². The van der Waals surface area contributed by atoms with Crippen molar-refractivity contribution in [1.29, 1.82) is 0 Å². The van der Waals surface area contributed by atoms with Crippen LogP contribution in [0.3, 0.4) is 0 Å². The fourth-order valence-corrected chi connectivity index (χ4v) is 6.40. The normalized spacial score (nSPS) is 20.1. The maximum atomic E-state index is 13.6. The zero-order valence-corrected chi connectivity index (χ0v) is 22.1. The first-order chi connectivity index (χ1) is 16.7. The van der Waals surface area contributed by atoms with E-state index in [1.807, 2.05) is 35.2 Å². The maximum absolute atomic E-state index is 13.6. The summed E-state index contributed by atoms with van der Waals surface area (Å²) in [6.45, 7) is 0. The van der Waals surface area contributed by atoms with E-state index < -0.39 is 0 Å². The number of hydrogen-bond donors (Lipinski definition) is 0. The molecular weight excluding hydrogens is 510 g/mol. The van der Waals surface area contributed by atoms with Crippen molar-refractivity contribution in [2.24, 2.45) is 5.10 Å². The third-order valence-corrected chi connectivity index (χ3v) is 8.75. The van der Waals surface area contributed by atoms with Crippen molar-refractivity contribution < 1.29 is 4.79 Å². The SMILES string of the molecule is O=C(CSc1nnc(C2CC2)n1N=Cc1ccc(Br)cc1)N(C1CCCCC1)C1CCCCC1. The van der Waals surface area contributed by atoms with Gasteiger partial charge in [0, 0.05) is 22.5 Å². The van der Waals surface area contributed by atoms with Crippen molar-refractivity contribution in [2.75, 3.05) is 5.75 Å². The van der Waals surface area contributed by atoms with E-state index in [9.17, 15) is 4.79 Å². The molecule has 2 aromatic rings. The van der Waals surface area contributed by atoms with Gasteiger partial charge in [-0.25, -0.2) is 0 Å².